The number of ether oxygens (including phenoxy) is 1. The molecule has 1 aromatic carbocycles. The summed E-state index contributed by atoms with van der Waals surface area (Å²) < 4.78 is 5.46. The van der Waals surface area contributed by atoms with E-state index in [-0.39, 0.29) is 0 Å². The number of rotatable bonds is 6. The van der Waals surface area contributed by atoms with Crippen molar-refractivity contribution in [2.75, 3.05) is 31.7 Å². The van der Waals surface area contributed by atoms with Crippen LogP contribution in [0.25, 0.3) is 22.3 Å². The fraction of sp³-hybridized carbons (Fsp3) is 0.278. The van der Waals surface area contributed by atoms with Crippen LogP contribution >= 0.6 is 0 Å². The number of anilines is 1. The quantitative estimate of drug-likeness (QED) is 0.655. The largest absolute Gasteiger partial charge is 0.380 e. The third-order valence-electron chi connectivity index (χ3n) is 3.64. The van der Waals surface area contributed by atoms with E-state index in [0.29, 0.717) is 12.4 Å². The average molecular weight is 308 g/mol. The highest BCUT2D eigenvalue weighted by Crippen LogP contribution is 2.26. The minimum atomic E-state index is 0.674. The Morgan fingerprint density at radius 1 is 1.09 bits per heavy atom. The summed E-state index contributed by atoms with van der Waals surface area (Å²) in [6.07, 6.45) is 3.54. The summed E-state index contributed by atoms with van der Waals surface area (Å²) in [5, 5.41) is 1.04. The van der Waals surface area contributed by atoms with Crippen LogP contribution in [0.1, 0.15) is 6.92 Å². The zero-order valence-electron chi connectivity index (χ0n) is 13.4. The highest BCUT2D eigenvalue weighted by atomic mass is 16.5. The Hall–Kier alpha value is -2.53. The number of hydrogen-bond acceptors (Lipinski definition) is 5. The van der Waals surface area contributed by atoms with Crippen LogP contribution in [0.15, 0.2) is 48.8 Å². The first kappa shape index (κ1) is 15.4. The summed E-state index contributed by atoms with van der Waals surface area (Å²) in [5.74, 6) is 1.60. The molecule has 0 radical (unpaired) electrons. The number of nitrogens with zero attached hydrogens (tertiary/aromatic N) is 4. The van der Waals surface area contributed by atoms with Crippen molar-refractivity contribution >= 4 is 16.7 Å². The number of aromatic nitrogens is 3. The first-order chi connectivity index (χ1) is 11.3. The van der Waals surface area contributed by atoms with E-state index in [0.717, 1.165) is 35.4 Å². The van der Waals surface area contributed by atoms with E-state index in [4.69, 9.17) is 9.72 Å². The highest BCUT2D eigenvalue weighted by molar-refractivity contribution is 5.90. The topological polar surface area (TPSA) is 51.1 Å². The van der Waals surface area contributed by atoms with Crippen LogP contribution in [0.2, 0.25) is 0 Å². The summed E-state index contributed by atoms with van der Waals surface area (Å²) in [4.78, 5) is 15.7. The van der Waals surface area contributed by atoms with Crippen molar-refractivity contribution in [3.8, 4) is 11.4 Å². The Labute approximate surface area is 136 Å². The Bertz CT molecular complexity index is 776. The van der Waals surface area contributed by atoms with Crippen LogP contribution < -0.4 is 4.90 Å². The van der Waals surface area contributed by atoms with Gasteiger partial charge in [0.05, 0.1) is 12.1 Å². The molecular weight excluding hydrogens is 288 g/mol. The van der Waals surface area contributed by atoms with Crippen LogP contribution in [-0.2, 0) is 4.74 Å². The van der Waals surface area contributed by atoms with Gasteiger partial charge >= 0.3 is 0 Å². The van der Waals surface area contributed by atoms with Gasteiger partial charge in [0, 0.05) is 43.5 Å². The minimum Gasteiger partial charge on any atom is -0.380 e. The lowest BCUT2D eigenvalue weighted by atomic mass is 10.2. The van der Waals surface area contributed by atoms with Gasteiger partial charge in [0.2, 0.25) is 0 Å². The van der Waals surface area contributed by atoms with Gasteiger partial charge < -0.3 is 9.64 Å². The predicted molar refractivity (Wildman–Crippen MR) is 92.5 cm³/mol. The number of benzene rings is 1. The summed E-state index contributed by atoms with van der Waals surface area (Å²) >= 11 is 0. The molecular formula is C18H20N4O. The third-order valence-corrected chi connectivity index (χ3v) is 3.64. The second kappa shape index (κ2) is 7.15. The predicted octanol–water partition coefficient (Wildman–Crippen LogP) is 3.16. The fourth-order valence-electron chi connectivity index (χ4n) is 2.43. The average Bonchev–Trinajstić information content (AvgIpc) is 2.61. The maximum absolute atomic E-state index is 5.46. The van der Waals surface area contributed by atoms with E-state index in [1.165, 1.54) is 0 Å². The van der Waals surface area contributed by atoms with Crippen LogP contribution in [0.5, 0.6) is 0 Å². The number of hydrogen-bond donors (Lipinski definition) is 0. The van der Waals surface area contributed by atoms with Crippen LogP contribution in [0.4, 0.5) is 5.82 Å². The lowest BCUT2D eigenvalue weighted by molar-refractivity contribution is 0.154. The number of pyridine rings is 1. The van der Waals surface area contributed by atoms with E-state index >= 15 is 0 Å². The van der Waals surface area contributed by atoms with Crippen molar-refractivity contribution in [2.24, 2.45) is 0 Å². The molecule has 0 atom stereocenters. The molecule has 23 heavy (non-hydrogen) atoms. The van der Waals surface area contributed by atoms with Gasteiger partial charge in [-0.15, -0.1) is 0 Å². The van der Waals surface area contributed by atoms with Gasteiger partial charge in [0.25, 0.3) is 0 Å². The van der Waals surface area contributed by atoms with Gasteiger partial charge in [-0.1, -0.05) is 12.1 Å². The molecule has 0 bridgehead atoms. The van der Waals surface area contributed by atoms with Crippen molar-refractivity contribution in [3.63, 3.8) is 0 Å². The smallest absolute Gasteiger partial charge is 0.163 e. The van der Waals surface area contributed by atoms with Crippen molar-refractivity contribution in [2.45, 2.75) is 6.92 Å². The molecule has 0 aliphatic carbocycles. The molecule has 0 spiro atoms. The summed E-state index contributed by atoms with van der Waals surface area (Å²) in [6.45, 7) is 4.18. The second-order valence-corrected chi connectivity index (χ2v) is 5.25. The fourth-order valence-corrected chi connectivity index (χ4v) is 2.43. The Morgan fingerprint density at radius 2 is 1.96 bits per heavy atom. The zero-order chi connectivity index (χ0) is 16.1. The third kappa shape index (κ3) is 3.46. The van der Waals surface area contributed by atoms with Crippen LogP contribution in [0, 0.1) is 0 Å². The Balaban J connectivity index is 2.04. The number of para-hydroxylation sites is 1. The van der Waals surface area contributed by atoms with Gasteiger partial charge in [-0.05, 0) is 31.2 Å². The first-order valence-corrected chi connectivity index (χ1v) is 7.75. The zero-order valence-corrected chi connectivity index (χ0v) is 13.4. The van der Waals surface area contributed by atoms with Crippen LogP contribution in [-0.4, -0.2) is 41.8 Å². The molecule has 5 heteroatoms. The van der Waals surface area contributed by atoms with E-state index in [2.05, 4.69) is 20.9 Å². The molecule has 0 amide bonds. The van der Waals surface area contributed by atoms with E-state index < -0.39 is 0 Å². The molecule has 2 aromatic heterocycles. The first-order valence-electron chi connectivity index (χ1n) is 7.75. The van der Waals surface area contributed by atoms with Crippen molar-refractivity contribution in [3.05, 3.63) is 48.8 Å². The second-order valence-electron chi connectivity index (χ2n) is 5.25. The summed E-state index contributed by atoms with van der Waals surface area (Å²) in [7, 11) is 2.03. The maximum atomic E-state index is 5.46. The van der Waals surface area contributed by atoms with E-state index in [1.54, 1.807) is 12.4 Å². The van der Waals surface area contributed by atoms with E-state index in [1.807, 2.05) is 44.3 Å². The molecule has 0 unspecified atom stereocenters. The Morgan fingerprint density at radius 3 is 2.74 bits per heavy atom. The molecule has 2 heterocycles. The number of likely N-dealkylation sites (N-methyl/N-ethyl adjacent to an activating group) is 1. The summed E-state index contributed by atoms with van der Waals surface area (Å²) in [5.41, 5.74) is 1.84. The lowest BCUT2D eigenvalue weighted by Crippen LogP contribution is -2.24. The molecule has 118 valence electrons. The molecule has 0 aliphatic heterocycles. The minimum absolute atomic E-state index is 0.674. The van der Waals surface area contributed by atoms with Crippen LogP contribution in [0.3, 0.4) is 0 Å². The molecule has 0 saturated carbocycles. The van der Waals surface area contributed by atoms with Gasteiger partial charge in [0.15, 0.2) is 5.82 Å². The van der Waals surface area contributed by atoms with Crippen molar-refractivity contribution in [1.82, 2.24) is 15.0 Å². The van der Waals surface area contributed by atoms with Crippen molar-refractivity contribution < 1.29 is 4.74 Å². The molecule has 0 N–H and O–H groups in total. The SMILES string of the molecule is CCOCCN(C)c1nc(-c2cccnc2)nc2ccccc12. The Kier molecular flexibility index (Phi) is 4.78. The molecule has 3 rings (SSSR count). The monoisotopic (exact) mass is 308 g/mol. The molecule has 0 fully saturated rings. The van der Waals surface area contributed by atoms with E-state index in [9.17, 15) is 0 Å². The standard InChI is InChI=1S/C18H20N4O/c1-3-23-12-11-22(2)18-15-8-4-5-9-16(15)20-17(21-18)14-7-6-10-19-13-14/h4-10,13H,3,11-12H2,1-2H3. The summed E-state index contributed by atoms with van der Waals surface area (Å²) in [6, 6.07) is 11.9. The molecule has 0 aliphatic rings. The molecule has 3 aromatic rings. The molecule has 5 nitrogen and oxygen atoms in total. The normalized spacial score (nSPS) is 10.9. The highest BCUT2D eigenvalue weighted by Gasteiger charge is 2.12. The van der Waals surface area contributed by atoms with Gasteiger partial charge in [-0.3, -0.25) is 4.98 Å². The lowest BCUT2D eigenvalue weighted by Gasteiger charge is -2.20. The van der Waals surface area contributed by atoms with Gasteiger partial charge in [-0.2, -0.15) is 0 Å². The van der Waals surface area contributed by atoms with Gasteiger partial charge in [0.1, 0.15) is 5.82 Å². The van der Waals surface area contributed by atoms with Gasteiger partial charge in [-0.25, -0.2) is 9.97 Å². The number of fused-ring (bicyclic) bond motifs is 1. The molecule has 0 saturated heterocycles. The maximum Gasteiger partial charge on any atom is 0.163 e. The van der Waals surface area contributed by atoms with Crippen molar-refractivity contribution in [1.29, 1.82) is 0 Å².